The normalized spacial score (nSPS) is 10.2. The van der Waals surface area contributed by atoms with Gasteiger partial charge in [-0.25, -0.2) is 9.97 Å². The summed E-state index contributed by atoms with van der Waals surface area (Å²) in [4.78, 5) is 7.81. The molecule has 2 aromatic rings. The van der Waals surface area contributed by atoms with E-state index in [1.54, 1.807) is 12.5 Å². The molecule has 0 fully saturated rings. The largest absolute Gasteiger partial charge is 0.469 e. The highest BCUT2D eigenvalue weighted by atomic mass is 35.5. The Morgan fingerprint density at radius 3 is 3.13 bits per heavy atom. The monoisotopic (exact) mass is 223 g/mol. The molecule has 0 aliphatic rings. The van der Waals surface area contributed by atoms with Crippen molar-refractivity contribution in [1.29, 1.82) is 0 Å². The summed E-state index contributed by atoms with van der Waals surface area (Å²) in [6.45, 7) is 0.726. The lowest BCUT2D eigenvalue weighted by Crippen LogP contribution is -2.06. The summed E-state index contributed by atoms with van der Waals surface area (Å²) in [6, 6.07) is 3.80. The molecule has 0 bridgehead atoms. The van der Waals surface area contributed by atoms with Gasteiger partial charge in [-0.1, -0.05) is 11.6 Å². The molecule has 0 unspecified atom stereocenters. The third-order valence-electron chi connectivity index (χ3n) is 1.91. The highest BCUT2D eigenvalue weighted by Crippen LogP contribution is 2.15. The van der Waals surface area contributed by atoms with E-state index in [9.17, 15) is 0 Å². The first-order chi connectivity index (χ1) is 7.36. The Balaban J connectivity index is 1.86. The maximum absolute atomic E-state index is 5.87. The zero-order valence-corrected chi connectivity index (χ0v) is 8.74. The molecule has 2 rings (SSSR count). The van der Waals surface area contributed by atoms with E-state index in [4.69, 9.17) is 16.0 Å². The van der Waals surface area contributed by atoms with Crippen LogP contribution in [0.3, 0.4) is 0 Å². The van der Waals surface area contributed by atoms with Gasteiger partial charge in [-0.05, 0) is 12.1 Å². The Labute approximate surface area is 92.3 Å². The van der Waals surface area contributed by atoms with Crippen LogP contribution in [0.2, 0.25) is 5.02 Å². The lowest BCUT2D eigenvalue weighted by molar-refractivity contribution is 0.513. The topological polar surface area (TPSA) is 51.0 Å². The van der Waals surface area contributed by atoms with Gasteiger partial charge in [0, 0.05) is 13.0 Å². The molecule has 78 valence electrons. The first-order valence-electron chi connectivity index (χ1n) is 4.58. The van der Waals surface area contributed by atoms with E-state index in [0.29, 0.717) is 10.8 Å². The maximum Gasteiger partial charge on any atom is 0.148 e. The molecule has 2 heterocycles. The van der Waals surface area contributed by atoms with Crippen molar-refractivity contribution in [1.82, 2.24) is 9.97 Å². The molecular formula is C10H10ClN3O. The smallest absolute Gasteiger partial charge is 0.148 e. The van der Waals surface area contributed by atoms with Gasteiger partial charge in [0.2, 0.25) is 0 Å². The number of nitrogens with zero attached hydrogens (tertiary/aromatic N) is 2. The SMILES string of the molecule is Clc1cncnc1NCCc1ccco1. The summed E-state index contributed by atoms with van der Waals surface area (Å²) in [7, 11) is 0. The van der Waals surface area contributed by atoms with E-state index < -0.39 is 0 Å². The molecule has 0 spiro atoms. The van der Waals surface area contributed by atoms with E-state index >= 15 is 0 Å². The van der Waals surface area contributed by atoms with Crippen LogP contribution < -0.4 is 5.32 Å². The number of rotatable bonds is 4. The number of halogens is 1. The highest BCUT2D eigenvalue weighted by molar-refractivity contribution is 6.32. The minimum atomic E-state index is 0.525. The average Bonchev–Trinajstić information content (AvgIpc) is 2.74. The summed E-state index contributed by atoms with van der Waals surface area (Å²) < 4.78 is 5.20. The minimum Gasteiger partial charge on any atom is -0.469 e. The Morgan fingerprint density at radius 1 is 1.47 bits per heavy atom. The van der Waals surface area contributed by atoms with Crippen molar-refractivity contribution in [3.05, 3.63) is 41.7 Å². The molecule has 15 heavy (non-hydrogen) atoms. The summed E-state index contributed by atoms with van der Waals surface area (Å²) >= 11 is 5.87. The van der Waals surface area contributed by atoms with Gasteiger partial charge in [0.1, 0.15) is 22.9 Å². The number of nitrogens with one attached hydrogen (secondary N) is 1. The van der Waals surface area contributed by atoms with Crippen LogP contribution >= 0.6 is 11.6 Å². The van der Waals surface area contributed by atoms with E-state index in [0.717, 1.165) is 18.7 Å². The molecule has 0 aromatic carbocycles. The Hall–Kier alpha value is -1.55. The standard InChI is InChI=1S/C10H10ClN3O/c11-9-6-12-7-14-10(9)13-4-3-8-2-1-5-15-8/h1-2,5-7H,3-4H2,(H,12,13,14). The molecule has 5 heteroatoms. The fourth-order valence-electron chi connectivity index (χ4n) is 1.20. The molecule has 0 aliphatic carbocycles. The summed E-state index contributed by atoms with van der Waals surface area (Å²) in [5.74, 6) is 1.59. The Kier molecular flexibility index (Phi) is 3.19. The van der Waals surface area contributed by atoms with Crippen LogP contribution in [0.5, 0.6) is 0 Å². The van der Waals surface area contributed by atoms with Gasteiger partial charge in [0.05, 0.1) is 12.5 Å². The van der Waals surface area contributed by atoms with Gasteiger partial charge in [-0.2, -0.15) is 0 Å². The van der Waals surface area contributed by atoms with Crippen LogP contribution in [0.1, 0.15) is 5.76 Å². The third kappa shape index (κ3) is 2.70. The molecule has 0 saturated heterocycles. The van der Waals surface area contributed by atoms with Crippen molar-refractivity contribution < 1.29 is 4.42 Å². The van der Waals surface area contributed by atoms with E-state index in [1.165, 1.54) is 6.33 Å². The fourth-order valence-corrected chi connectivity index (χ4v) is 1.37. The molecular weight excluding hydrogens is 214 g/mol. The van der Waals surface area contributed by atoms with E-state index in [1.807, 2.05) is 12.1 Å². The predicted molar refractivity (Wildman–Crippen MR) is 57.9 cm³/mol. The maximum atomic E-state index is 5.87. The van der Waals surface area contributed by atoms with Crippen LogP contribution in [0.4, 0.5) is 5.82 Å². The number of anilines is 1. The van der Waals surface area contributed by atoms with Gasteiger partial charge in [0.25, 0.3) is 0 Å². The summed E-state index contributed by atoms with van der Waals surface area (Å²) in [5.41, 5.74) is 0. The second-order valence-corrected chi connectivity index (χ2v) is 3.38. The number of hydrogen-bond acceptors (Lipinski definition) is 4. The van der Waals surface area contributed by atoms with Crippen LogP contribution in [0.15, 0.2) is 35.3 Å². The molecule has 1 N–H and O–H groups in total. The lowest BCUT2D eigenvalue weighted by atomic mass is 10.3. The van der Waals surface area contributed by atoms with Crippen molar-refractivity contribution in [2.45, 2.75) is 6.42 Å². The Morgan fingerprint density at radius 2 is 2.40 bits per heavy atom. The molecule has 0 saturated carbocycles. The van der Waals surface area contributed by atoms with Gasteiger partial charge in [-0.3, -0.25) is 0 Å². The molecule has 4 nitrogen and oxygen atoms in total. The van der Waals surface area contributed by atoms with Crippen molar-refractivity contribution in [2.24, 2.45) is 0 Å². The zero-order valence-electron chi connectivity index (χ0n) is 7.98. The molecule has 2 aromatic heterocycles. The zero-order chi connectivity index (χ0) is 10.5. The van der Waals surface area contributed by atoms with Crippen LogP contribution in [0.25, 0.3) is 0 Å². The van der Waals surface area contributed by atoms with E-state index in [-0.39, 0.29) is 0 Å². The minimum absolute atomic E-state index is 0.525. The number of hydrogen-bond donors (Lipinski definition) is 1. The number of aromatic nitrogens is 2. The summed E-state index contributed by atoms with van der Waals surface area (Å²) in [5, 5.41) is 3.63. The first kappa shape index (κ1) is 9.98. The van der Waals surface area contributed by atoms with Crippen LogP contribution in [-0.4, -0.2) is 16.5 Å². The van der Waals surface area contributed by atoms with Gasteiger partial charge in [0.15, 0.2) is 0 Å². The van der Waals surface area contributed by atoms with E-state index in [2.05, 4.69) is 15.3 Å². The van der Waals surface area contributed by atoms with Gasteiger partial charge in [-0.15, -0.1) is 0 Å². The molecule has 0 atom stereocenters. The second-order valence-electron chi connectivity index (χ2n) is 2.98. The lowest BCUT2D eigenvalue weighted by Gasteiger charge is -2.04. The van der Waals surface area contributed by atoms with Crippen LogP contribution in [-0.2, 0) is 6.42 Å². The molecule has 0 amide bonds. The van der Waals surface area contributed by atoms with Crippen molar-refractivity contribution in [2.75, 3.05) is 11.9 Å². The molecule has 0 radical (unpaired) electrons. The van der Waals surface area contributed by atoms with Gasteiger partial charge >= 0.3 is 0 Å². The van der Waals surface area contributed by atoms with Crippen molar-refractivity contribution >= 4 is 17.4 Å². The Bertz CT molecular complexity index is 416. The highest BCUT2D eigenvalue weighted by Gasteiger charge is 2.00. The van der Waals surface area contributed by atoms with Crippen molar-refractivity contribution in [3.8, 4) is 0 Å². The summed E-state index contributed by atoms with van der Waals surface area (Å²) in [6.07, 6.45) is 5.48. The third-order valence-corrected chi connectivity index (χ3v) is 2.19. The van der Waals surface area contributed by atoms with Gasteiger partial charge < -0.3 is 9.73 Å². The number of furan rings is 1. The average molecular weight is 224 g/mol. The first-order valence-corrected chi connectivity index (χ1v) is 4.96. The predicted octanol–water partition coefficient (Wildman–Crippen LogP) is 2.38. The van der Waals surface area contributed by atoms with Crippen molar-refractivity contribution in [3.63, 3.8) is 0 Å². The fraction of sp³-hybridized carbons (Fsp3) is 0.200. The second kappa shape index (κ2) is 4.79. The molecule has 0 aliphatic heterocycles. The van der Waals surface area contributed by atoms with Crippen LogP contribution in [0, 0.1) is 0 Å². The quantitative estimate of drug-likeness (QED) is 0.865.